The maximum atomic E-state index is 12.8. The van der Waals surface area contributed by atoms with Crippen molar-refractivity contribution >= 4 is 33.2 Å². The summed E-state index contributed by atoms with van der Waals surface area (Å²) in [7, 11) is -3.78. The summed E-state index contributed by atoms with van der Waals surface area (Å²) in [4.78, 5) is 12.9. The Kier molecular flexibility index (Phi) is 6.13. The number of anilines is 1. The summed E-state index contributed by atoms with van der Waals surface area (Å²) in [5.74, 6) is 0.291. The molecule has 0 saturated carbocycles. The molecule has 0 aliphatic carbocycles. The summed E-state index contributed by atoms with van der Waals surface area (Å²) in [6.45, 7) is 4.23. The molecule has 3 aromatic carbocycles. The second-order valence-electron chi connectivity index (χ2n) is 7.70. The third-order valence-electron chi connectivity index (χ3n) is 5.61. The number of aryl methyl sites for hydroxylation is 1. The Morgan fingerprint density at radius 2 is 1.75 bits per heavy atom. The highest BCUT2D eigenvalue weighted by atomic mass is 35.5. The van der Waals surface area contributed by atoms with Crippen molar-refractivity contribution in [2.45, 2.75) is 31.2 Å². The van der Waals surface area contributed by atoms with E-state index < -0.39 is 10.0 Å². The summed E-state index contributed by atoms with van der Waals surface area (Å²) < 4.78 is 33.8. The third-order valence-corrected chi connectivity index (χ3v) is 7.29. The molecular weight excluding hydrogens is 448 g/mol. The van der Waals surface area contributed by atoms with Crippen molar-refractivity contribution in [3.63, 3.8) is 0 Å². The van der Waals surface area contributed by atoms with Crippen LogP contribution in [0.5, 0.6) is 5.75 Å². The van der Waals surface area contributed by atoms with Gasteiger partial charge in [0.1, 0.15) is 5.75 Å². The van der Waals surface area contributed by atoms with Gasteiger partial charge in [-0.1, -0.05) is 35.9 Å². The number of hydrogen-bond donors (Lipinski definition) is 2. The highest BCUT2D eigenvalue weighted by Gasteiger charge is 2.25. The van der Waals surface area contributed by atoms with Crippen LogP contribution in [-0.4, -0.2) is 20.9 Å². The van der Waals surface area contributed by atoms with Crippen LogP contribution in [0.1, 0.15) is 39.5 Å². The third kappa shape index (κ3) is 4.45. The van der Waals surface area contributed by atoms with Crippen molar-refractivity contribution in [2.24, 2.45) is 0 Å². The van der Waals surface area contributed by atoms with Gasteiger partial charge in [0.15, 0.2) is 0 Å². The number of para-hydroxylation sites is 1. The smallest absolute Gasteiger partial charge is 0.261 e. The summed E-state index contributed by atoms with van der Waals surface area (Å²) in [6.07, 6.45) is 0.616. The minimum absolute atomic E-state index is 0.0816. The van der Waals surface area contributed by atoms with Crippen molar-refractivity contribution in [1.29, 1.82) is 0 Å². The Labute approximate surface area is 192 Å². The second-order valence-corrected chi connectivity index (χ2v) is 9.79. The highest BCUT2D eigenvalue weighted by Crippen LogP contribution is 2.37. The average molecular weight is 471 g/mol. The van der Waals surface area contributed by atoms with Gasteiger partial charge in [0.25, 0.3) is 15.9 Å². The maximum absolute atomic E-state index is 12.8. The molecule has 0 aromatic heterocycles. The van der Waals surface area contributed by atoms with Crippen LogP contribution in [0.4, 0.5) is 5.69 Å². The van der Waals surface area contributed by atoms with Crippen molar-refractivity contribution in [1.82, 2.24) is 5.32 Å². The Bertz CT molecular complexity index is 1270. The number of carbonyl (C=O) groups is 1. The van der Waals surface area contributed by atoms with E-state index in [1.807, 2.05) is 32.0 Å². The van der Waals surface area contributed by atoms with Crippen molar-refractivity contribution < 1.29 is 17.9 Å². The molecule has 1 aliphatic rings. The minimum atomic E-state index is -3.78. The monoisotopic (exact) mass is 470 g/mol. The summed E-state index contributed by atoms with van der Waals surface area (Å²) in [5, 5.41) is 3.49. The van der Waals surface area contributed by atoms with Crippen LogP contribution in [0.2, 0.25) is 5.02 Å². The lowest BCUT2D eigenvalue weighted by molar-refractivity contribution is 0.0924. The van der Waals surface area contributed by atoms with E-state index in [1.165, 1.54) is 24.3 Å². The minimum Gasteiger partial charge on any atom is -0.492 e. The molecule has 1 atom stereocenters. The number of hydrogen-bond acceptors (Lipinski definition) is 4. The fourth-order valence-corrected chi connectivity index (χ4v) is 4.99. The summed E-state index contributed by atoms with van der Waals surface area (Å²) in [6, 6.07) is 16.5. The van der Waals surface area contributed by atoms with Crippen LogP contribution in [0.3, 0.4) is 0 Å². The zero-order valence-electron chi connectivity index (χ0n) is 17.7. The van der Waals surface area contributed by atoms with E-state index in [4.69, 9.17) is 16.3 Å². The Balaban J connectivity index is 1.50. The lowest BCUT2D eigenvalue weighted by Gasteiger charge is -2.27. The Hall–Kier alpha value is -3.03. The molecule has 166 valence electrons. The largest absolute Gasteiger partial charge is 0.492 e. The number of benzene rings is 3. The number of carbonyl (C=O) groups excluding carboxylic acids is 1. The SMILES string of the molecule is Cc1cccc(NS(=O)(=O)c2ccc(C(=O)NC3CCOc4c(Cl)cccc43)cc2)c1C. The fraction of sp³-hybridized carbons (Fsp3) is 0.208. The maximum Gasteiger partial charge on any atom is 0.261 e. The second kappa shape index (κ2) is 8.84. The molecule has 0 spiro atoms. The molecule has 1 aliphatic heterocycles. The van der Waals surface area contributed by atoms with Crippen LogP contribution < -0.4 is 14.8 Å². The lowest BCUT2D eigenvalue weighted by atomic mass is 10.00. The number of sulfonamides is 1. The van der Waals surface area contributed by atoms with E-state index in [1.54, 1.807) is 18.2 Å². The van der Waals surface area contributed by atoms with E-state index in [0.717, 1.165) is 16.7 Å². The lowest BCUT2D eigenvalue weighted by Crippen LogP contribution is -2.32. The first-order valence-corrected chi connectivity index (χ1v) is 12.0. The van der Waals surface area contributed by atoms with Crippen LogP contribution >= 0.6 is 11.6 Å². The van der Waals surface area contributed by atoms with Gasteiger partial charge in [-0.25, -0.2) is 8.42 Å². The van der Waals surface area contributed by atoms with Gasteiger partial charge in [-0.15, -0.1) is 0 Å². The van der Waals surface area contributed by atoms with Gasteiger partial charge in [-0.05, 0) is 61.4 Å². The van der Waals surface area contributed by atoms with Crippen molar-refractivity contribution in [3.8, 4) is 5.75 Å². The van der Waals surface area contributed by atoms with Gasteiger partial charge in [0, 0.05) is 17.5 Å². The summed E-state index contributed by atoms with van der Waals surface area (Å²) >= 11 is 6.20. The zero-order chi connectivity index (χ0) is 22.9. The molecule has 1 unspecified atom stereocenters. The predicted octanol–water partition coefficient (Wildman–Crippen LogP) is 5.01. The molecule has 3 aromatic rings. The standard InChI is InChI=1S/C24H23ClN2O4S/c1-15-5-3-8-21(16(15)2)27-32(29,30)18-11-9-17(10-12-18)24(28)26-22-13-14-31-23-19(22)6-4-7-20(23)25/h3-12,22,27H,13-14H2,1-2H3,(H,26,28). The van der Waals surface area contributed by atoms with E-state index in [9.17, 15) is 13.2 Å². The average Bonchev–Trinajstić information content (AvgIpc) is 2.77. The molecule has 2 N–H and O–H groups in total. The van der Waals surface area contributed by atoms with Gasteiger partial charge < -0.3 is 10.1 Å². The number of nitrogens with one attached hydrogen (secondary N) is 2. The Morgan fingerprint density at radius 1 is 1.03 bits per heavy atom. The topological polar surface area (TPSA) is 84.5 Å². The molecule has 8 heteroatoms. The first-order chi connectivity index (χ1) is 15.3. The summed E-state index contributed by atoms with van der Waals surface area (Å²) in [5.41, 5.74) is 3.58. The van der Waals surface area contributed by atoms with E-state index in [0.29, 0.717) is 35.1 Å². The first kappa shape index (κ1) is 22.2. The van der Waals surface area contributed by atoms with E-state index >= 15 is 0 Å². The normalized spacial score (nSPS) is 15.4. The van der Waals surface area contributed by atoms with Crippen LogP contribution in [0.15, 0.2) is 65.6 Å². The number of fused-ring (bicyclic) bond motifs is 1. The molecule has 32 heavy (non-hydrogen) atoms. The van der Waals surface area contributed by atoms with Crippen LogP contribution in [0.25, 0.3) is 0 Å². The first-order valence-electron chi connectivity index (χ1n) is 10.2. The van der Waals surface area contributed by atoms with Crippen molar-refractivity contribution in [2.75, 3.05) is 11.3 Å². The predicted molar refractivity (Wildman–Crippen MR) is 125 cm³/mol. The number of ether oxygens (including phenoxy) is 1. The van der Waals surface area contributed by atoms with Crippen LogP contribution in [-0.2, 0) is 10.0 Å². The molecule has 0 fully saturated rings. The fourth-order valence-electron chi connectivity index (χ4n) is 3.63. The van der Waals surface area contributed by atoms with Crippen LogP contribution in [0, 0.1) is 13.8 Å². The Morgan fingerprint density at radius 3 is 2.50 bits per heavy atom. The van der Waals surface area contributed by atoms with E-state index in [-0.39, 0.29) is 16.8 Å². The number of halogens is 1. The van der Waals surface area contributed by atoms with Gasteiger partial charge in [0.05, 0.1) is 28.3 Å². The zero-order valence-corrected chi connectivity index (χ0v) is 19.3. The number of rotatable bonds is 5. The molecule has 6 nitrogen and oxygen atoms in total. The number of amides is 1. The van der Waals surface area contributed by atoms with E-state index in [2.05, 4.69) is 10.0 Å². The molecule has 0 bridgehead atoms. The van der Waals surface area contributed by atoms with Gasteiger partial charge >= 0.3 is 0 Å². The molecule has 0 radical (unpaired) electrons. The molecule has 4 rings (SSSR count). The molecular formula is C24H23ClN2O4S. The molecule has 1 amide bonds. The quantitative estimate of drug-likeness (QED) is 0.548. The van der Waals surface area contributed by atoms with Gasteiger partial charge in [0.2, 0.25) is 0 Å². The highest BCUT2D eigenvalue weighted by molar-refractivity contribution is 7.92. The molecule has 1 heterocycles. The van der Waals surface area contributed by atoms with Crippen molar-refractivity contribution in [3.05, 3.63) is 87.9 Å². The molecule has 0 saturated heterocycles. The van der Waals surface area contributed by atoms with Gasteiger partial charge in [-0.2, -0.15) is 0 Å². The van der Waals surface area contributed by atoms with Gasteiger partial charge in [-0.3, -0.25) is 9.52 Å².